The van der Waals surface area contributed by atoms with E-state index in [9.17, 15) is 5.11 Å². The highest BCUT2D eigenvalue weighted by atomic mass is 35.5. The van der Waals surface area contributed by atoms with Crippen LogP contribution in [-0.4, -0.2) is 18.3 Å². The molecule has 0 saturated carbocycles. The van der Waals surface area contributed by atoms with E-state index in [-0.39, 0.29) is 12.5 Å². The number of hydrogen-bond donors (Lipinski definition) is 1. The third kappa shape index (κ3) is 5.78. The van der Waals surface area contributed by atoms with Crippen molar-refractivity contribution >= 4 is 11.6 Å². The predicted molar refractivity (Wildman–Crippen MR) is 86.9 cm³/mol. The van der Waals surface area contributed by atoms with E-state index in [0.29, 0.717) is 6.61 Å². The second-order valence-corrected chi connectivity index (χ2v) is 5.62. The highest BCUT2D eigenvalue weighted by Crippen LogP contribution is 2.17. The molecule has 0 aliphatic carbocycles. The molecule has 0 amide bonds. The number of halogens is 1. The highest BCUT2D eigenvalue weighted by molar-refractivity contribution is 6.30. The van der Waals surface area contributed by atoms with E-state index in [4.69, 9.17) is 16.3 Å². The Balaban J connectivity index is 1.71. The van der Waals surface area contributed by atoms with Gasteiger partial charge in [-0.15, -0.1) is 0 Å². The molecule has 112 valence electrons. The van der Waals surface area contributed by atoms with Gasteiger partial charge in [0.05, 0.1) is 6.61 Å². The number of hydrogen-bond acceptors (Lipinski definition) is 2. The first-order valence-corrected chi connectivity index (χ1v) is 7.69. The topological polar surface area (TPSA) is 29.5 Å². The first kappa shape index (κ1) is 15.9. The summed E-state index contributed by atoms with van der Waals surface area (Å²) in [5.74, 6) is 1.17. The van der Waals surface area contributed by atoms with E-state index < -0.39 is 0 Å². The van der Waals surface area contributed by atoms with Crippen molar-refractivity contribution in [1.82, 2.24) is 0 Å². The standard InChI is InChI=1S/C18H21ClO2/c19-17-10-8-15(9-11-17)13-16(14-20)5-4-12-21-18-6-2-1-3-7-18/h1-3,6-11,16,20H,4-5,12-14H2. The Hall–Kier alpha value is -1.51. The molecule has 21 heavy (non-hydrogen) atoms. The molecule has 0 aliphatic heterocycles. The SMILES string of the molecule is OCC(CCCOc1ccccc1)Cc1ccc(Cl)cc1. The van der Waals surface area contributed by atoms with Crippen molar-refractivity contribution in [2.45, 2.75) is 19.3 Å². The molecule has 0 bridgehead atoms. The summed E-state index contributed by atoms with van der Waals surface area (Å²) >= 11 is 5.88. The zero-order valence-electron chi connectivity index (χ0n) is 12.0. The maximum atomic E-state index is 9.49. The van der Waals surface area contributed by atoms with Crippen molar-refractivity contribution in [2.24, 2.45) is 5.92 Å². The number of benzene rings is 2. The monoisotopic (exact) mass is 304 g/mol. The number of ether oxygens (including phenoxy) is 1. The summed E-state index contributed by atoms with van der Waals surface area (Å²) in [5.41, 5.74) is 1.21. The summed E-state index contributed by atoms with van der Waals surface area (Å²) in [7, 11) is 0. The molecule has 0 heterocycles. The van der Waals surface area contributed by atoms with Gasteiger partial charge in [0, 0.05) is 11.6 Å². The molecule has 1 atom stereocenters. The number of aliphatic hydroxyl groups excluding tert-OH is 1. The van der Waals surface area contributed by atoms with Crippen LogP contribution < -0.4 is 4.74 Å². The third-order valence-electron chi connectivity index (χ3n) is 3.46. The fourth-order valence-corrected chi connectivity index (χ4v) is 2.42. The van der Waals surface area contributed by atoms with Gasteiger partial charge in [-0.3, -0.25) is 0 Å². The van der Waals surface area contributed by atoms with Crippen molar-refractivity contribution in [1.29, 1.82) is 0 Å². The van der Waals surface area contributed by atoms with Crippen molar-refractivity contribution in [3.63, 3.8) is 0 Å². The predicted octanol–water partition coefficient (Wildman–Crippen LogP) is 4.35. The van der Waals surface area contributed by atoms with E-state index in [2.05, 4.69) is 0 Å². The number of aliphatic hydroxyl groups is 1. The van der Waals surface area contributed by atoms with E-state index in [1.807, 2.05) is 54.6 Å². The quantitative estimate of drug-likeness (QED) is 0.735. The van der Waals surface area contributed by atoms with Crippen LogP contribution in [0.4, 0.5) is 0 Å². The van der Waals surface area contributed by atoms with Crippen molar-refractivity contribution in [2.75, 3.05) is 13.2 Å². The largest absolute Gasteiger partial charge is 0.494 e. The molecule has 1 N–H and O–H groups in total. The van der Waals surface area contributed by atoms with E-state index in [1.165, 1.54) is 5.56 Å². The van der Waals surface area contributed by atoms with Crippen LogP contribution >= 0.6 is 11.6 Å². The van der Waals surface area contributed by atoms with E-state index in [0.717, 1.165) is 30.0 Å². The minimum atomic E-state index is 0.202. The van der Waals surface area contributed by atoms with Gasteiger partial charge in [-0.2, -0.15) is 0 Å². The molecule has 0 aromatic heterocycles. The lowest BCUT2D eigenvalue weighted by Crippen LogP contribution is -2.11. The fourth-order valence-electron chi connectivity index (χ4n) is 2.29. The normalized spacial score (nSPS) is 12.1. The van der Waals surface area contributed by atoms with Crippen molar-refractivity contribution in [3.05, 3.63) is 65.2 Å². The maximum Gasteiger partial charge on any atom is 0.119 e. The van der Waals surface area contributed by atoms with Crippen LogP contribution in [0.15, 0.2) is 54.6 Å². The molecule has 0 aliphatic rings. The van der Waals surface area contributed by atoms with Crippen LogP contribution in [0, 0.1) is 5.92 Å². The molecular formula is C18H21ClO2. The van der Waals surface area contributed by atoms with Gasteiger partial charge in [-0.05, 0) is 55.0 Å². The molecule has 2 aromatic carbocycles. The van der Waals surface area contributed by atoms with Gasteiger partial charge >= 0.3 is 0 Å². The van der Waals surface area contributed by atoms with E-state index in [1.54, 1.807) is 0 Å². The average molecular weight is 305 g/mol. The van der Waals surface area contributed by atoms with Crippen molar-refractivity contribution in [3.8, 4) is 5.75 Å². The smallest absolute Gasteiger partial charge is 0.119 e. The Morgan fingerprint density at radius 2 is 1.71 bits per heavy atom. The minimum Gasteiger partial charge on any atom is -0.494 e. The van der Waals surface area contributed by atoms with Crippen LogP contribution in [0.1, 0.15) is 18.4 Å². The molecule has 0 radical (unpaired) electrons. The Labute approximate surface area is 131 Å². The summed E-state index contributed by atoms with van der Waals surface area (Å²) in [5, 5.41) is 10.2. The zero-order chi connectivity index (χ0) is 14.9. The molecule has 3 heteroatoms. The lowest BCUT2D eigenvalue weighted by molar-refractivity contribution is 0.205. The van der Waals surface area contributed by atoms with Gasteiger partial charge in [-0.25, -0.2) is 0 Å². The first-order valence-electron chi connectivity index (χ1n) is 7.31. The highest BCUT2D eigenvalue weighted by Gasteiger charge is 2.08. The zero-order valence-corrected chi connectivity index (χ0v) is 12.8. The van der Waals surface area contributed by atoms with Crippen molar-refractivity contribution < 1.29 is 9.84 Å². The van der Waals surface area contributed by atoms with Gasteiger partial charge in [0.15, 0.2) is 0 Å². The molecule has 0 saturated heterocycles. The fraction of sp³-hybridized carbons (Fsp3) is 0.333. The first-order chi connectivity index (χ1) is 10.3. The summed E-state index contributed by atoms with van der Waals surface area (Å²) in [4.78, 5) is 0. The molecule has 2 rings (SSSR count). The number of rotatable bonds is 8. The Bertz CT molecular complexity index is 511. The molecule has 2 nitrogen and oxygen atoms in total. The molecule has 0 fully saturated rings. The van der Waals surface area contributed by atoms with Gasteiger partial charge in [-0.1, -0.05) is 41.9 Å². The average Bonchev–Trinajstić information content (AvgIpc) is 2.53. The second kappa shape index (κ2) is 8.71. The Kier molecular flexibility index (Phi) is 6.58. The third-order valence-corrected chi connectivity index (χ3v) is 3.72. The molecule has 0 spiro atoms. The van der Waals surface area contributed by atoms with Crippen LogP contribution in [0.3, 0.4) is 0 Å². The minimum absolute atomic E-state index is 0.202. The summed E-state index contributed by atoms with van der Waals surface area (Å²) < 4.78 is 5.67. The van der Waals surface area contributed by atoms with E-state index >= 15 is 0 Å². The van der Waals surface area contributed by atoms with Crippen LogP contribution in [0.25, 0.3) is 0 Å². The van der Waals surface area contributed by atoms with Gasteiger partial charge < -0.3 is 9.84 Å². The second-order valence-electron chi connectivity index (χ2n) is 5.18. The summed E-state index contributed by atoms with van der Waals surface area (Å²) in [6.07, 6.45) is 2.76. The van der Waals surface area contributed by atoms with Crippen LogP contribution in [0.2, 0.25) is 5.02 Å². The molecule has 2 aromatic rings. The van der Waals surface area contributed by atoms with Gasteiger partial charge in [0.2, 0.25) is 0 Å². The molecular weight excluding hydrogens is 284 g/mol. The lowest BCUT2D eigenvalue weighted by atomic mass is 9.96. The van der Waals surface area contributed by atoms with Crippen LogP contribution in [-0.2, 0) is 6.42 Å². The Morgan fingerprint density at radius 3 is 2.38 bits per heavy atom. The lowest BCUT2D eigenvalue weighted by Gasteiger charge is -2.14. The molecule has 1 unspecified atom stereocenters. The summed E-state index contributed by atoms with van der Waals surface area (Å²) in [6, 6.07) is 17.6. The van der Waals surface area contributed by atoms with Gasteiger partial charge in [0.25, 0.3) is 0 Å². The summed E-state index contributed by atoms with van der Waals surface area (Å²) in [6.45, 7) is 0.884. The van der Waals surface area contributed by atoms with Crippen LogP contribution in [0.5, 0.6) is 5.75 Å². The van der Waals surface area contributed by atoms with Gasteiger partial charge in [0.1, 0.15) is 5.75 Å². The Morgan fingerprint density at radius 1 is 1.00 bits per heavy atom. The number of para-hydroxylation sites is 1. The maximum absolute atomic E-state index is 9.49.